The van der Waals surface area contributed by atoms with Crippen LogP contribution in [0, 0.1) is 5.82 Å². The third kappa shape index (κ3) is 3.43. The lowest BCUT2D eigenvalue weighted by atomic mass is 10.1. The van der Waals surface area contributed by atoms with Gasteiger partial charge in [0, 0.05) is 43.4 Å². The summed E-state index contributed by atoms with van der Waals surface area (Å²) in [5.74, 6) is -0.0437. The molecule has 0 spiro atoms. The number of carbonyl (C=O) groups is 1. The fraction of sp³-hybridized carbons (Fsp3) is 0.500. The lowest BCUT2D eigenvalue weighted by molar-refractivity contribution is -0.131. The average Bonchev–Trinajstić information content (AvgIpc) is 2.44. The maximum absolute atomic E-state index is 12.9. The van der Waals surface area contributed by atoms with Crippen molar-refractivity contribution in [2.24, 2.45) is 0 Å². The summed E-state index contributed by atoms with van der Waals surface area (Å²) >= 11 is 0. The molecular weight excluding hydrogens is 281 g/mol. The van der Waals surface area contributed by atoms with Crippen LogP contribution in [-0.2, 0) is 20.3 Å². The molecule has 1 aliphatic heterocycles. The molecule has 1 aromatic carbocycles. The molecular formula is C14H18FNO3S. The van der Waals surface area contributed by atoms with E-state index in [0.29, 0.717) is 31.0 Å². The number of carbonyl (C=O) groups excluding carboxylic acids is 1. The second-order valence-corrected chi connectivity index (χ2v) is 6.33. The molecule has 0 radical (unpaired) electrons. The van der Waals surface area contributed by atoms with E-state index in [1.54, 1.807) is 12.0 Å². The number of benzene rings is 1. The zero-order valence-electron chi connectivity index (χ0n) is 11.4. The van der Waals surface area contributed by atoms with E-state index in [0.717, 1.165) is 6.42 Å². The summed E-state index contributed by atoms with van der Waals surface area (Å²) in [6.45, 7) is 1.70. The zero-order chi connectivity index (χ0) is 14.5. The predicted molar refractivity (Wildman–Crippen MR) is 75.2 cm³/mol. The van der Waals surface area contributed by atoms with Crippen LogP contribution in [0.4, 0.5) is 4.39 Å². The summed E-state index contributed by atoms with van der Waals surface area (Å²) < 4.78 is 30.0. The van der Waals surface area contributed by atoms with Crippen molar-refractivity contribution in [3.63, 3.8) is 0 Å². The number of hydrogen-bond donors (Lipinski definition) is 0. The van der Waals surface area contributed by atoms with Gasteiger partial charge < -0.3 is 9.64 Å². The van der Waals surface area contributed by atoms with Crippen molar-refractivity contribution in [3.8, 4) is 0 Å². The predicted octanol–water partition coefficient (Wildman–Crippen LogP) is 1.49. The number of ether oxygens (including phenoxy) is 1. The summed E-state index contributed by atoms with van der Waals surface area (Å²) in [6, 6.07) is 5.66. The molecule has 1 saturated heterocycles. The highest BCUT2D eigenvalue weighted by molar-refractivity contribution is 7.86. The van der Waals surface area contributed by atoms with Crippen LogP contribution in [0.1, 0.15) is 17.2 Å². The van der Waals surface area contributed by atoms with Gasteiger partial charge in [0.05, 0.1) is 0 Å². The standard InChI is InChI=1S/C14H18FNO3S/c1-19-9-2-7-16-8-10-20(18)13(14(16)17)11-3-5-12(15)6-4-11/h3-6,13H,2,7-10H2,1H3. The van der Waals surface area contributed by atoms with Crippen LogP contribution in [-0.4, -0.2) is 47.6 Å². The van der Waals surface area contributed by atoms with Gasteiger partial charge in [-0.05, 0) is 24.1 Å². The molecule has 1 heterocycles. The number of methoxy groups -OCH3 is 1. The molecule has 6 heteroatoms. The highest BCUT2D eigenvalue weighted by Gasteiger charge is 2.35. The van der Waals surface area contributed by atoms with Crippen molar-refractivity contribution >= 4 is 16.7 Å². The molecule has 2 atom stereocenters. The van der Waals surface area contributed by atoms with Crippen LogP contribution >= 0.6 is 0 Å². The van der Waals surface area contributed by atoms with Gasteiger partial charge in [0.15, 0.2) is 0 Å². The van der Waals surface area contributed by atoms with E-state index in [-0.39, 0.29) is 11.7 Å². The van der Waals surface area contributed by atoms with Gasteiger partial charge in [0.25, 0.3) is 0 Å². The van der Waals surface area contributed by atoms with Crippen molar-refractivity contribution < 1.29 is 18.1 Å². The highest BCUT2D eigenvalue weighted by Crippen LogP contribution is 2.26. The maximum atomic E-state index is 12.9. The molecule has 1 amide bonds. The van der Waals surface area contributed by atoms with Gasteiger partial charge in [0.1, 0.15) is 11.1 Å². The molecule has 0 saturated carbocycles. The third-order valence-electron chi connectivity index (χ3n) is 3.31. The van der Waals surface area contributed by atoms with Gasteiger partial charge >= 0.3 is 0 Å². The lowest BCUT2D eigenvalue weighted by Gasteiger charge is -2.32. The normalized spacial score (nSPS) is 23.1. The largest absolute Gasteiger partial charge is 0.385 e. The number of nitrogens with zero attached hydrogens (tertiary/aromatic N) is 1. The first-order chi connectivity index (χ1) is 9.63. The molecule has 4 nitrogen and oxygen atoms in total. The molecule has 0 N–H and O–H groups in total. The number of hydrogen-bond acceptors (Lipinski definition) is 3. The Hall–Kier alpha value is -1.27. The summed E-state index contributed by atoms with van der Waals surface area (Å²) in [7, 11) is 0.381. The summed E-state index contributed by atoms with van der Waals surface area (Å²) in [6.07, 6.45) is 0.755. The number of amides is 1. The highest BCUT2D eigenvalue weighted by atomic mass is 32.2. The summed E-state index contributed by atoms with van der Waals surface area (Å²) in [5, 5.41) is -0.674. The lowest BCUT2D eigenvalue weighted by Crippen LogP contribution is -2.45. The summed E-state index contributed by atoms with van der Waals surface area (Å²) in [5.41, 5.74) is 0.617. The molecule has 2 unspecified atom stereocenters. The van der Waals surface area contributed by atoms with E-state index in [1.165, 1.54) is 24.3 Å². The summed E-state index contributed by atoms with van der Waals surface area (Å²) in [4.78, 5) is 14.1. The topological polar surface area (TPSA) is 46.6 Å². The molecule has 1 fully saturated rings. The van der Waals surface area contributed by atoms with E-state index in [1.807, 2.05) is 0 Å². The SMILES string of the molecule is COCCCN1CCS(=O)C(c2ccc(F)cc2)C1=O. The van der Waals surface area contributed by atoms with Gasteiger partial charge in [-0.25, -0.2) is 4.39 Å². The van der Waals surface area contributed by atoms with E-state index >= 15 is 0 Å². The Morgan fingerprint density at radius 3 is 2.75 bits per heavy atom. The van der Waals surface area contributed by atoms with Crippen LogP contribution in [0.15, 0.2) is 24.3 Å². The quantitative estimate of drug-likeness (QED) is 0.774. The Morgan fingerprint density at radius 1 is 1.40 bits per heavy atom. The average molecular weight is 299 g/mol. The van der Waals surface area contributed by atoms with Crippen molar-refractivity contribution in [3.05, 3.63) is 35.6 Å². The Kier molecular flexibility index (Phi) is 5.25. The van der Waals surface area contributed by atoms with E-state index in [9.17, 15) is 13.4 Å². The van der Waals surface area contributed by atoms with Crippen LogP contribution in [0.5, 0.6) is 0 Å². The van der Waals surface area contributed by atoms with Crippen molar-refractivity contribution in [1.82, 2.24) is 4.90 Å². The molecule has 0 aliphatic carbocycles. The van der Waals surface area contributed by atoms with Crippen molar-refractivity contribution in [2.45, 2.75) is 11.7 Å². The van der Waals surface area contributed by atoms with E-state index in [4.69, 9.17) is 4.74 Å². The van der Waals surface area contributed by atoms with Crippen LogP contribution in [0.25, 0.3) is 0 Å². The van der Waals surface area contributed by atoms with Gasteiger partial charge in [-0.2, -0.15) is 0 Å². The zero-order valence-corrected chi connectivity index (χ0v) is 12.2. The van der Waals surface area contributed by atoms with E-state index < -0.39 is 16.0 Å². The molecule has 2 rings (SSSR count). The third-order valence-corrected chi connectivity index (χ3v) is 4.90. The maximum Gasteiger partial charge on any atom is 0.242 e. The van der Waals surface area contributed by atoms with Crippen molar-refractivity contribution in [2.75, 3.05) is 32.6 Å². The molecule has 110 valence electrons. The van der Waals surface area contributed by atoms with Gasteiger partial charge in [0.2, 0.25) is 5.91 Å². The van der Waals surface area contributed by atoms with Gasteiger partial charge in [-0.1, -0.05) is 12.1 Å². The number of halogens is 1. The minimum absolute atomic E-state index is 0.141. The number of rotatable bonds is 5. The smallest absolute Gasteiger partial charge is 0.242 e. The fourth-order valence-corrected chi connectivity index (χ4v) is 3.73. The minimum Gasteiger partial charge on any atom is -0.385 e. The fourth-order valence-electron chi connectivity index (χ4n) is 2.26. The first kappa shape index (κ1) is 15.1. The van der Waals surface area contributed by atoms with Gasteiger partial charge in [-0.15, -0.1) is 0 Å². The second kappa shape index (κ2) is 6.95. The Labute approximate surface area is 120 Å². The molecule has 1 aliphatic rings. The molecule has 0 aromatic heterocycles. The Morgan fingerprint density at radius 2 is 2.10 bits per heavy atom. The van der Waals surface area contributed by atoms with Crippen LogP contribution in [0.2, 0.25) is 0 Å². The Balaban J connectivity index is 2.11. The van der Waals surface area contributed by atoms with E-state index in [2.05, 4.69) is 0 Å². The van der Waals surface area contributed by atoms with Gasteiger partial charge in [-0.3, -0.25) is 9.00 Å². The van der Waals surface area contributed by atoms with Crippen LogP contribution < -0.4 is 0 Å². The molecule has 0 bridgehead atoms. The van der Waals surface area contributed by atoms with Crippen LogP contribution in [0.3, 0.4) is 0 Å². The first-order valence-corrected chi connectivity index (χ1v) is 7.92. The molecule has 1 aromatic rings. The van der Waals surface area contributed by atoms with Crippen molar-refractivity contribution in [1.29, 1.82) is 0 Å². The second-order valence-electron chi connectivity index (χ2n) is 4.69. The molecule has 20 heavy (non-hydrogen) atoms. The monoisotopic (exact) mass is 299 g/mol. The Bertz CT molecular complexity index is 492. The minimum atomic E-state index is -1.24. The first-order valence-electron chi connectivity index (χ1n) is 6.54.